The molecule has 0 N–H and O–H groups in total. The molecule has 0 radical (unpaired) electrons. The number of amides is 1. The van der Waals surface area contributed by atoms with Crippen molar-refractivity contribution in [3.63, 3.8) is 0 Å². The number of benzene rings is 2. The summed E-state index contributed by atoms with van der Waals surface area (Å²) in [5.41, 5.74) is 1.83. The van der Waals surface area contributed by atoms with E-state index in [-0.39, 0.29) is 30.2 Å². The second-order valence-electron chi connectivity index (χ2n) is 8.40. The van der Waals surface area contributed by atoms with Gasteiger partial charge in [-0.1, -0.05) is 54.1 Å². The zero-order valence-corrected chi connectivity index (χ0v) is 21.7. The lowest BCUT2D eigenvalue weighted by Gasteiger charge is -2.17. The maximum atomic E-state index is 13.6. The van der Waals surface area contributed by atoms with Crippen LogP contribution in [0.3, 0.4) is 0 Å². The molecule has 6 nitrogen and oxygen atoms in total. The van der Waals surface area contributed by atoms with Gasteiger partial charge in [0.2, 0.25) is 0 Å². The smallest absolute Gasteiger partial charge is 0.332 e. The van der Waals surface area contributed by atoms with Crippen LogP contribution in [0, 0.1) is 6.92 Å². The van der Waals surface area contributed by atoms with Crippen molar-refractivity contribution >= 4 is 39.1 Å². The molecule has 2 aromatic carbocycles. The van der Waals surface area contributed by atoms with E-state index in [2.05, 4.69) is 0 Å². The first kappa shape index (κ1) is 24.9. The Kier molecular flexibility index (Phi) is 7.57. The molecule has 0 saturated carbocycles. The summed E-state index contributed by atoms with van der Waals surface area (Å²) in [6, 6.07) is 17.1. The van der Waals surface area contributed by atoms with Gasteiger partial charge in [-0.3, -0.25) is 18.7 Å². The summed E-state index contributed by atoms with van der Waals surface area (Å²) in [6.07, 6.45) is 0.552. The van der Waals surface area contributed by atoms with Gasteiger partial charge < -0.3 is 4.90 Å². The van der Waals surface area contributed by atoms with Crippen LogP contribution in [-0.4, -0.2) is 33.0 Å². The molecule has 8 heteroatoms. The van der Waals surface area contributed by atoms with Crippen LogP contribution in [0.1, 0.15) is 40.2 Å². The zero-order valence-electron chi connectivity index (χ0n) is 20.1. The quantitative estimate of drug-likeness (QED) is 0.337. The second kappa shape index (κ2) is 10.6. The van der Waals surface area contributed by atoms with Crippen molar-refractivity contribution in [1.29, 1.82) is 0 Å². The lowest BCUT2D eigenvalue weighted by Crippen LogP contribution is -2.40. The number of hydrogen-bond acceptors (Lipinski definition) is 4. The lowest BCUT2D eigenvalue weighted by atomic mass is 10.1. The number of halogens is 1. The van der Waals surface area contributed by atoms with E-state index in [9.17, 15) is 14.4 Å². The largest absolute Gasteiger partial charge is 0.338 e. The van der Waals surface area contributed by atoms with Crippen molar-refractivity contribution in [3.05, 3.63) is 102 Å². The van der Waals surface area contributed by atoms with E-state index in [1.165, 1.54) is 15.9 Å². The van der Waals surface area contributed by atoms with Crippen molar-refractivity contribution in [2.45, 2.75) is 40.3 Å². The minimum Gasteiger partial charge on any atom is -0.338 e. The molecular formula is C27H28ClN3O3S. The lowest BCUT2D eigenvalue weighted by molar-refractivity contribution is 0.0777. The van der Waals surface area contributed by atoms with Crippen LogP contribution >= 0.6 is 22.9 Å². The standard InChI is InChI=1S/C27H28ClN3O3S/c1-4-29(5-2)25(33)23-18(3)22-24(32)30(16-15-19-9-7-6-8-10-19)27(34)31(26(22)35-23)17-20-11-13-21(28)14-12-20/h6-14H,4-5,15-17H2,1-3H3. The highest BCUT2D eigenvalue weighted by atomic mass is 35.5. The molecule has 0 bridgehead atoms. The van der Waals surface area contributed by atoms with Crippen LogP contribution in [0.2, 0.25) is 5.02 Å². The van der Waals surface area contributed by atoms with Gasteiger partial charge in [-0.25, -0.2) is 4.79 Å². The summed E-state index contributed by atoms with van der Waals surface area (Å²) in [5, 5.41) is 1.05. The van der Waals surface area contributed by atoms with E-state index < -0.39 is 0 Å². The molecule has 0 fully saturated rings. The Hall–Kier alpha value is -3.16. The Morgan fingerprint density at radius 3 is 2.23 bits per heavy atom. The minimum absolute atomic E-state index is 0.116. The monoisotopic (exact) mass is 509 g/mol. The van der Waals surface area contributed by atoms with Gasteiger partial charge in [0, 0.05) is 24.7 Å². The molecule has 1 amide bonds. The molecule has 0 spiro atoms. The topological polar surface area (TPSA) is 64.3 Å². The molecule has 0 aliphatic carbocycles. The van der Waals surface area contributed by atoms with Crippen LogP contribution < -0.4 is 11.2 Å². The van der Waals surface area contributed by atoms with Gasteiger partial charge in [0.25, 0.3) is 11.5 Å². The van der Waals surface area contributed by atoms with Crippen LogP contribution in [-0.2, 0) is 19.5 Å². The number of nitrogens with zero attached hydrogens (tertiary/aromatic N) is 3. The van der Waals surface area contributed by atoms with Crippen molar-refractivity contribution in [2.75, 3.05) is 13.1 Å². The van der Waals surface area contributed by atoms with Gasteiger partial charge >= 0.3 is 5.69 Å². The molecule has 0 saturated heterocycles. The summed E-state index contributed by atoms with van der Waals surface area (Å²) >= 11 is 7.27. The van der Waals surface area contributed by atoms with Gasteiger partial charge in [0.15, 0.2) is 0 Å². The number of carbonyl (C=O) groups excluding carboxylic acids is 1. The summed E-state index contributed by atoms with van der Waals surface area (Å²) in [4.78, 5) is 43.2. The van der Waals surface area contributed by atoms with Gasteiger partial charge in [-0.2, -0.15) is 0 Å². The third-order valence-corrected chi connectivity index (χ3v) is 7.81. The van der Waals surface area contributed by atoms with Gasteiger partial charge in [-0.05, 0) is 56.0 Å². The average Bonchev–Trinajstić information content (AvgIpc) is 3.21. The maximum Gasteiger partial charge on any atom is 0.332 e. The SMILES string of the molecule is CCN(CC)C(=O)c1sc2c(c1C)c(=O)n(CCc1ccccc1)c(=O)n2Cc1ccc(Cl)cc1. The fourth-order valence-electron chi connectivity index (χ4n) is 4.25. The van der Waals surface area contributed by atoms with Gasteiger partial charge in [-0.15, -0.1) is 11.3 Å². The number of fused-ring (bicyclic) bond motifs is 1. The number of rotatable bonds is 8. The highest BCUT2D eigenvalue weighted by molar-refractivity contribution is 7.20. The Bertz CT molecular complexity index is 1470. The van der Waals surface area contributed by atoms with E-state index in [0.717, 1.165) is 11.1 Å². The van der Waals surface area contributed by atoms with Crippen molar-refractivity contribution in [3.8, 4) is 0 Å². The minimum atomic E-state index is -0.378. The van der Waals surface area contributed by atoms with E-state index in [1.807, 2.05) is 56.3 Å². The highest BCUT2D eigenvalue weighted by Gasteiger charge is 2.25. The molecule has 0 aliphatic heterocycles. The van der Waals surface area contributed by atoms with E-state index in [0.29, 0.717) is 45.2 Å². The summed E-state index contributed by atoms with van der Waals surface area (Å²) in [6.45, 7) is 7.33. The molecule has 0 aliphatic rings. The summed E-state index contributed by atoms with van der Waals surface area (Å²) in [5.74, 6) is -0.116. The predicted molar refractivity (Wildman–Crippen MR) is 143 cm³/mol. The molecule has 4 aromatic rings. The van der Waals surface area contributed by atoms with Crippen molar-refractivity contribution in [1.82, 2.24) is 14.0 Å². The first-order valence-electron chi connectivity index (χ1n) is 11.7. The first-order valence-corrected chi connectivity index (χ1v) is 12.9. The number of thiophene rings is 1. The maximum absolute atomic E-state index is 13.6. The Balaban J connectivity index is 1.90. The normalized spacial score (nSPS) is 11.2. The number of aryl methyl sites for hydroxylation is 2. The van der Waals surface area contributed by atoms with Gasteiger partial charge in [0.1, 0.15) is 4.83 Å². The molecule has 0 atom stereocenters. The third kappa shape index (κ3) is 4.97. The molecule has 182 valence electrons. The van der Waals surface area contributed by atoms with Gasteiger partial charge in [0.05, 0.1) is 16.8 Å². The molecule has 0 unspecified atom stereocenters. The van der Waals surface area contributed by atoms with Crippen LogP contribution in [0.25, 0.3) is 10.2 Å². The van der Waals surface area contributed by atoms with E-state index in [1.54, 1.807) is 28.5 Å². The number of aromatic nitrogens is 2. The Morgan fingerprint density at radius 1 is 0.943 bits per heavy atom. The number of carbonyl (C=O) groups is 1. The molecule has 35 heavy (non-hydrogen) atoms. The van der Waals surface area contributed by atoms with Crippen molar-refractivity contribution in [2.24, 2.45) is 0 Å². The highest BCUT2D eigenvalue weighted by Crippen LogP contribution is 2.29. The predicted octanol–water partition coefficient (Wildman–Crippen LogP) is 4.96. The fourth-order valence-corrected chi connectivity index (χ4v) is 5.63. The van der Waals surface area contributed by atoms with Crippen molar-refractivity contribution < 1.29 is 4.79 Å². The molecule has 4 rings (SSSR count). The first-order chi connectivity index (χ1) is 16.8. The second-order valence-corrected chi connectivity index (χ2v) is 9.84. The summed E-state index contributed by atoms with van der Waals surface area (Å²) < 4.78 is 2.91. The molecule has 2 aromatic heterocycles. The summed E-state index contributed by atoms with van der Waals surface area (Å²) in [7, 11) is 0. The third-order valence-electron chi connectivity index (χ3n) is 6.26. The van der Waals surface area contributed by atoms with E-state index >= 15 is 0 Å². The average molecular weight is 510 g/mol. The Morgan fingerprint density at radius 2 is 1.60 bits per heavy atom. The molecular weight excluding hydrogens is 482 g/mol. The van der Waals surface area contributed by atoms with Crippen LogP contribution in [0.5, 0.6) is 0 Å². The Labute approximate surface area is 213 Å². The van der Waals surface area contributed by atoms with Crippen LogP contribution in [0.15, 0.2) is 64.2 Å². The fraction of sp³-hybridized carbons (Fsp3) is 0.296. The zero-order chi connectivity index (χ0) is 25.1. The van der Waals surface area contributed by atoms with E-state index in [4.69, 9.17) is 11.6 Å². The number of hydrogen-bond donors (Lipinski definition) is 0. The molecule has 2 heterocycles. The van der Waals surface area contributed by atoms with Crippen LogP contribution in [0.4, 0.5) is 0 Å².